The molecule has 2 N–H and O–H groups in total. The van der Waals surface area contributed by atoms with E-state index in [1.54, 1.807) is 12.1 Å². The van der Waals surface area contributed by atoms with Crippen molar-refractivity contribution in [2.45, 2.75) is 13.8 Å². The highest BCUT2D eigenvalue weighted by Crippen LogP contribution is 2.18. The minimum absolute atomic E-state index is 0.158. The van der Waals surface area contributed by atoms with Gasteiger partial charge in [-0.25, -0.2) is 0 Å². The Hall–Kier alpha value is -2.57. The van der Waals surface area contributed by atoms with E-state index in [0.717, 1.165) is 22.4 Å². The molecule has 0 aliphatic heterocycles. The standard InChI is InChI=1S/C18H17NO2/c1-13-7-3-4-11-17(13)19-18(21)16-10-5-8-15(14(16)2)9-6-12-20/h3-5,7-8,10-11,20H,12H2,1-2H3,(H,19,21). The number of benzene rings is 2. The van der Waals surface area contributed by atoms with Crippen molar-refractivity contribution in [1.82, 2.24) is 0 Å². The Morgan fingerprint density at radius 3 is 2.62 bits per heavy atom. The lowest BCUT2D eigenvalue weighted by atomic mass is 10.0. The van der Waals surface area contributed by atoms with Crippen LogP contribution >= 0.6 is 0 Å². The van der Waals surface area contributed by atoms with Crippen LogP contribution in [0.2, 0.25) is 0 Å². The number of anilines is 1. The molecule has 0 saturated heterocycles. The number of hydrogen-bond donors (Lipinski definition) is 2. The number of aliphatic hydroxyl groups is 1. The predicted molar refractivity (Wildman–Crippen MR) is 84.3 cm³/mol. The first-order valence-corrected chi connectivity index (χ1v) is 6.70. The molecule has 0 unspecified atom stereocenters. The van der Waals surface area contributed by atoms with Gasteiger partial charge in [-0.2, -0.15) is 0 Å². The molecule has 0 bridgehead atoms. The second-order valence-corrected chi connectivity index (χ2v) is 4.71. The number of carbonyl (C=O) groups is 1. The number of hydrogen-bond acceptors (Lipinski definition) is 2. The Balaban J connectivity index is 2.30. The molecule has 3 nitrogen and oxygen atoms in total. The predicted octanol–water partition coefficient (Wildman–Crippen LogP) is 2.90. The highest BCUT2D eigenvalue weighted by molar-refractivity contribution is 6.05. The van der Waals surface area contributed by atoms with Crippen LogP contribution < -0.4 is 5.32 Å². The van der Waals surface area contributed by atoms with E-state index in [9.17, 15) is 4.79 Å². The van der Waals surface area contributed by atoms with E-state index in [0.29, 0.717) is 5.56 Å². The number of amides is 1. The zero-order valence-corrected chi connectivity index (χ0v) is 12.1. The number of carbonyl (C=O) groups excluding carboxylic acids is 1. The van der Waals surface area contributed by atoms with E-state index in [1.165, 1.54) is 0 Å². The molecule has 2 aromatic carbocycles. The van der Waals surface area contributed by atoms with E-state index >= 15 is 0 Å². The van der Waals surface area contributed by atoms with E-state index in [4.69, 9.17) is 5.11 Å². The van der Waals surface area contributed by atoms with Gasteiger partial charge in [0.2, 0.25) is 0 Å². The summed E-state index contributed by atoms with van der Waals surface area (Å²) < 4.78 is 0. The first kappa shape index (κ1) is 14.8. The van der Waals surface area contributed by atoms with Crippen LogP contribution in [0.25, 0.3) is 0 Å². The molecule has 0 atom stereocenters. The quantitative estimate of drug-likeness (QED) is 0.830. The summed E-state index contributed by atoms with van der Waals surface area (Å²) in [6, 6.07) is 13.0. The van der Waals surface area contributed by atoms with Gasteiger partial charge < -0.3 is 10.4 Å². The smallest absolute Gasteiger partial charge is 0.255 e. The maximum absolute atomic E-state index is 12.4. The summed E-state index contributed by atoms with van der Waals surface area (Å²) in [7, 11) is 0. The highest BCUT2D eigenvalue weighted by Gasteiger charge is 2.11. The van der Waals surface area contributed by atoms with Gasteiger partial charge in [0.25, 0.3) is 5.91 Å². The van der Waals surface area contributed by atoms with E-state index in [2.05, 4.69) is 17.2 Å². The third-order valence-electron chi connectivity index (χ3n) is 3.27. The normalized spacial score (nSPS) is 9.67. The molecule has 0 aliphatic rings. The molecule has 106 valence electrons. The molecule has 0 saturated carbocycles. The van der Waals surface area contributed by atoms with Gasteiger partial charge in [0.15, 0.2) is 0 Å². The molecular weight excluding hydrogens is 262 g/mol. The minimum Gasteiger partial charge on any atom is -0.384 e. The summed E-state index contributed by atoms with van der Waals surface area (Å²) in [5.41, 5.74) is 3.96. The number of aliphatic hydroxyl groups excluding tert-OH is 1. The highest BCUT2D eigenvalue weighted by atomic mass is 16.2. The Labute approximate surface area is 124 Å². The van der Waals surface area contributed by atoms with Gasteiger partial charge in [-0.05, 0) is 43.2 Å². The number of para-hydroxylation sites is 1. The lowest BCUT2D eigenvalue weighted by molar-refractivity contribution is 0.102. The van der Waals surface area contributed by atoms with Crippen LogP contribution in [-0.2, 0) is 0 Å². The van der Waals surface area contributed by atoms with Crippen LogP contribution in [0.5, 0.6) is 0 Å². The topological polar surface area (TPSA) is 49.3 Å². The molecular formula is C18H17NO2. The summed E-state index contributed by atoms with van der Waals surface area (Å²) in [6.45, 7) is 3.61. The molecule has 1 amide bonds. The van der Waals surface area contributed by atoms with Crippen molar-refractivity contribution >= 4 is 11.6 Å². The van der Waals surface area contributed by atoms with Crippen molar-refractivity contribution in [2.24, 2.45) is 0 Å². The van der Waals surface area contributed by atoms with Crippen LogP contribution in [0, 0.1) is 25.7 Å². The largest absolute Gasteiger partial charge is 0.384 e. The SMILES string of the molecule is Cc1ccccc1NC(=O)c1cccc(C#CCO)c1C. The van der Waals surface area contributed by atoms with Crippen molar-refractivity contribution in [1.29, 1.82) is 0 Å². The molecule has 0 radical (unpaired) electrons. The monoisotopic (exact) mass is 279 g/mol. The number of rotatable bonds is 2. The van der Waals surface area contributed by atoms with E-state index in [-0.39, 0.29) is 12.5 Å². The zero-order valence-electron chi connectivity index (χ0n) is 12.1. The molecule has 0 fully saturated rings. The summed E-state index contributed by atoms with van der Waals surface area (Å²) in [5.74, 6) is 5.30. The summed E-state index contributed by atoms with van der Waals surface area (Å²) in [5, 5.41) is 11.7. The second-order valence-electron chi connectivity index (χ2n) is 4.71. The van der Waals surface area contributed by atoms with Gasteiger partial charge in [0.1, 0.15) is 6.61 Å². The lowest BCUT2D eigenvalue weighted by Gasteiger charge is -2.10. The molecule has 3 heteroatoms. The maximum Gasteiger partial charge on any atom is 0.255 e. The van der Waals surface area contributed by atoms with Gasteiger partial charge >= 0.3 is 0 Å². The fourth-order valence-corrected chi connectivity index (χ4v) is 2.05. The first-order chi connectivity index (χ1) is 10.1. The zero-order chi connectivity index (χ0) is 15.2. The van der Waals surface area contributed by atoms with E-state index in [1.807, 2.05) is 44.2 Å². The number of nitrogens with one attached hydrogen (secondary N) is 1. The average Bonchev–Trinajstić information content (AvgIpc) is 2.48. The molecule has 0 aromatic heterocycles. The maximum atomic E-state index is 12.4. The molecule has 2 rings (SSSR count). The van der Waals surface area contributed by atoms with Crippen molar-refractivity contribution < 1.29 is 9.90 Å². The van der Waals surface area contributed by atoms with Gasteiger partial charge in [0.05, 0.1) is 0 Å². The van der Waals surface area contributed by atoms with Crippen molar-refractivity contribution in [3.8, 4) is 11.8 Å². The molecule has 21 heavy (non-hydrogen) atoms. The van der Waals surface area contributed by atoms with Crippen molar-refractivity contribution in [2.75, 3.05) is 11.9 Å². The Bertz CT molecular complexity index is 723. The molecule has 0 aliphatic carbocycles. The second kappa shape index (κ2) is 6.74. The van der Waals surface area contributed by atoms with Gasteiger partial charge in [-0.3, -0.25) is 4.79 Å². The van der Waals surface area contributed by atoms with Crippen LogP contribution in [-0.4, -0.2) is 17.6 Å². The Morgan fingerprint density at radius 2 is 1.90 bits per heavy atom. The van der Waals surface area contributed by atoms with Gasteiger partial charge in [-0.1, -0.05) is 36.1 Å². The number of aryl methyl sites for hydroxylation is 1. The Morgan fingerprint density at radius 1 is 1.14 bits per heavy atom. The third-order valence-corrected chi connectivity index (χ3v) is 3.27. The third kappa shape index (κ3) is 3.50. The molecule has 0 heterocycles. The van der Waals surface area contributed by atoms with Crippen molar-refractivity contribution in [3.05, 3.63) is 64.7 Å². The Kier molecular flexibility index (Phi) is 4.76. The lowest BCUT2D eigenvalue weighted by Crippen LogP contribution is -2.14. The molecule has 2 aromatic rings. The first-order valence-electron chi connectivity index (χ1n) is 6.70. The fourth-order valence-electron chi connectivity index (χ4n) is 2.05. The average molecular weight is 279 g/mol. The minimum atomic E-state index is -0.195. The summed E-state index contributed by atoms with van der Waals surface area (Å²) >= 11 is 0. The van der Waals surface area contributed by atoms with Crippen LogP contribution in [0.1, 0.15) is 27.0 Å². The van der Waals surface area contributed by atoms with Crippen molar-refractivity contribution in [3.63, 3.8) is 0 Å². The van der Waals surface area contributed by atoms with Crippen LogP contribution in [0.4, 0.5) is 5.69 Å². The summed E-state index contributed by atoms with van der Waals surface area (Å²) in [6.07, 6.45) is 0. The van der Waals surface area contributed by atoms with Gasteiger partial charge in [-0.15, -0.1) is 0 Å². The van der Waals surface area contributed by atoms with E-state index < -0.39 is 0 Å². The fraction of sp³-hybridized carbons (Fsp3) is 0.167. The molecule has 0 spiro atoms. The van der Waals surface area contributed by atoms with Crippen LogP contribution in [0.15, 0.2) is 42.5 Å². The van der Waals surface area contributed by atoms with Gasteiger partial charge in [0, 0.05) is 16.8 Å². The van der Waals surface area contributed by atoms with Crippen LogP contribution in [0.3, 0.4) is 0 Å². The summed E-state index contributed by atoms with van der Waals surface area (Å²) in [4.78, 5) is 12.4.